The van der Waals surface area contributed by atoms with Gasteiger partial charge in [0.2, 0.25) is 5.91 Å². The molecule has 0 saturated carbocycles. The average Bonchev–Trinajstić information content (AvgIpc) is 2.43. The summed E-state index contributed by atoms with van der Waals surface area (Å²) in [6, 6.07) is 8.69. The molecule has 0 aliphatic heterocycles. The summed E-state index contributed by atoms with van der Waals surface area (Å²) >= 11 is 2.31. The standard InChI is InChI=1S/C15H23IN2O.ClH/c1-12(11-17)18(2)15(19)6-4-3-5-13-7-9-14(16)10-8-13;/h7-10,12H,3-6,11,17H2,1-2H3;1H. The molecule has 0 aromatic heterocycles. The largest absolute Gasteiger partial charge is 0.342 e. The number of carbonyl (C=O) groups is 1. The first kappa shape index (κ1) is 19.7. The Morgan fingerprint density at radius 3 is 2.45 bits per heavy atom. The first-order valence-electron chi connectivity index (χ1n) is 6.74. The van der Waals surface area contributed by atoms with Gasteiger partial charge in [-0.3, -0.25) is 4.79 Å². The third kappa shape index (κ3) is 6.90. The number of nitrogens with two attached hydrogens (primary N) is 1. The minimum atomic E-state index is 0. The number of halogens is 2. The second-order valence-corrected chi connectivity index (χ2v) is 6.17. The van der Waals surface area contributed by atoms with Crippen LogP contribution in [-0.4, -0.2) is 30.4 Å². The number of benzene rings is 1. The van der Waals surface area contributed by atoms with E-state index in [0.29, 0.717) is 13.0 Å². The van der Waals surface area contributed by atoms with Crippen LogP contribution < -0.4 is 5.73 Å². The number of likely N-dealkylation sites (N-methyl/N-ethyl adjacent to an activating group) is 1. The molecule has 0 heterocycles. The molecular formula is C15H24ClIN2O. The fourth-order valence-electron chi connectivity index (χ4n) is 1.84. The molecule has 0 saturated heterocycles. The van der Waals surface area contributed by atoms with E-state index in [1.54, 1.807) is 4.90 Å². The maximum atomic E-state index is 11.9. The van der Waals surface area contributed by atoms with E-state index in [0.717, 1.165) is 19.3 Å². The minimum absolute atomic E-state index is 0. The van der Waals surface area contributed by atoms with Crippen molar-refractivity contribution in [1.29, 1.82) is 0 Å². The highest BCUT2D eigenvalue weighted by atomic mass is 127. The normalized spacial score (nSPS) is 11.6. The molecule has 1 aromatic carbocycles. The molecule has 0 bridgehead atoms. The van der Waals surface area contributed by atoms with E-state index in [-0.39, 0.29) is 24.4 Å². The molecule has 20 heavy (non-hydrogen) atoms. The van der Waals surface area contributed by atoms with E-state index in [1.807, 2.05) is 14.0 Å². The van der Waals surface area contributed by atoms with Crippen LogP contribution in [0.5, 0.6) is 0 Å². The Bertz CT molecular complexity index is 397. The summed E-state index contributed by atoms with van der Waals surface area (Å²) in [5.74, 6) is 0.195. The SMILES string of the molecule is CC(CN)N(C)C(=O)CCCCc1ccc(I)cc1.Cl. The first-order valence-corrected chi connectivity index (χ1v) is 7.82. The van der Waals surface area contributed by atoms with Crippen LogP contribution in [-0.2, 0) is 11.2 Å². The number of hydrogen-bond acceptors (Lipinski definition) is 2. The summed E-state index contributed by atoms with van der Waals surface area (Å²) in [5.41, 5.74) is 6.90. The van der Waals surface area contributed by atoms with E-state index < -0.39 is 0 Å². The molecule has 1 aromatic rings. The highest BCUT2D eigenvalue weighted by Crippen LogP contribution is 2.11. The lowest BCUT2D eigenvalue weighted by Gasteiger charge is -2.23. The van der Waals surface area contributed by atoms with Gasteiger partial charge in [-0.2, -0.15) is 0 Å². The maximum absolute atomic E-state index is 11.9. The van der Waals surface area contributed by atoms with E-state index in [1.165, 1.54) is 9.13 Å². The van der Waals surface area contributed by atoms with Crippen LogP contribution in [0.4, 0.5) is 0 Å². The van der Waals surface area contributed by atoms with Gasteiger partial charge in [0.25, 0.3) is 0 Å². The highest BCUT2D eigenvalue weighted by Gasteiger charge is 2.13. The quantitative estimate of drug-likeness (QED) is 0.554. The number of nitrogens with zero attached hydrogens (tertiary/aromatic N) is 1. The van der Waals surface area contributed by atoms with Crippen molar-refractivity contribution >= 4 is 40.9 Å². The monoisotopic (exact) mass is 410 g/mol. The fourth-order valence-corrected chi connectivity index (χ4v) is 2.20. The average molecular weight is 411 g/mol. The molecule has 1 amide bonds. The Balaban J connectivity index is 0.00000361. The van der Waals surface area contributed by atoms with Gasteiger partial charge in [-0.25, -0.2) is 0 Å². The predicted octanol–water partition coefficient (Wildman–Crippen LogP) is 3.23. The molecule has 0 fully saturated rings. The number of unbranched alkanes of at least 4 members (excludes halogenated alkanes) is 1. The molecule has 1 rings (SSSR count). The lowest BCUT2D eigenvalue weighted by atomic mass is 10.1. The summed E-state index contributed by atoms with van der Waals surface area (Å²) in [6.07, 6.45) is 3.65. The van der Waals surface area contributed by atoms with Crippen LogP contribution >= 0.6 is 35.0 Å². The van der Waals surface area contributed by atoms with Crippen molar-refractivity contribution in [3.63, 3.8) is 0 Å². The Morgan fingerprint density at radius 2 is 1.90 bits per heavy atom. The van der Waals surface area contributed by atoms with Gasteiger partial charge in [0.1, 0.15) is 0 Å². The third-order valence-electron chi connectivity index (χ3n) is 3.42. The Labute approximate surface area is 141 Å². The second-order valence-electron chi connectivity index (χ2n) is 4.92. The molecule has 0 aliphatic rings. The topological polar surface area (TPSA) is 46.3 Å². The summed E-state index contributed by atoms with van der Waals surface area (Å²) in [7, 11) is 1.83. The Kier molecular flexibility index (Phi) is 10.2. The van der Waals surface area contributed by atoms with Gasteiger partial charge in [0.05, 0.1) is 0 Å². The van der Waals surface area contributed by atoms with Crippen LogP contribution in [0.25, 0.3) is 0 Å². The number of carbonyl (C=O) groups excluding carboxylic acids is 1. The zero-order chi connectivity index (χ0) is 14.3. The lowest BCUT2D eigenvalue weighted by Crippen LogP contribution is -2.39. The third-order valence-corrected chi connectivity index (χ3v) is 4.13. The molecule has 1 atom stereocenters. The van der Waals surface area contributed by atoms with Gasteiger partial charge in [-0.1, -0.05) is 12.1 Å². The summed E-state index contributed by atoms with van der Waals surface area (Å²) in [6.45, 7) is 2.49. The highest BCUT2D eigenvalue weighted by molar-refractivity contribution is 14.1. The van der Waals surface area contributed by atoms with Crippen LogP contribution in [0.2, 0.25) is 0 Å². The zero-order valence-corrected chi connectivity index (χ0v) is 15.1. The van der Waals surface area contributed by atoms with Crippen molar-refractivity contribution in [1.82, 2.24) is 4.90 Å². The van der Waals surface area contributed by atoms with Gasteiger partial charge in [-0.05, 0) is 66.5 Å². The fraction of sp³-hybridized carbons (Fsp3) is 0.533. The second kappa shape index (κ2) is 10.4. The van der Waals surface area contributed by atoms with E-state index in [2.05, 4.69) is 46.9 Å². The van der Waals surface area contributed by atoms with Crippen molar-refractivity contribution < 1.29 is 4.79 Å². The first-order chi connectivity index (χ1) is 9.04. The molecule has 2 N–H and O–H groups in total. The summed E-state index contributed by atoms with van der Waals surface area (Å²) < 4.78 is 1.26. The molecule has 0 aliphatic carbocycles. The number of rotatable bonds is 7. The van der Waals surface area contributed by atoms with Crippen molar-refractivity contribution in [2.24, 2.45) is 5.73 Å². The Morgan fingerprint density at radius 1 is 1.30 bits per heavy atom. The molecule has 114 valence electrons. The van der Waals surface area contributed by atoms with E-state index in [4.69, 9.17) is 5.73 Å². The van der Waals surface area contributed by atoms with Crippen molar-refractivity contribution in [3.05, 3.63) is 33.4 Å². The molecule has 0 spiro atoms. The van der Waals surface area contributed by atoms with Crippen molar-refractivity contribution in [2.75, 3.05) is 13.6 Å². The van der Waals surface area contributed by atoms with Crippen LogP contribution in [0.15, 0.2) is 24.3 Å². The predicted molar refractivity (Wildman–Crippen MR) is 95.2 cm³/mol. The zero-order valence-electron chi connectivity index (χ0n) is 12.1. The maximum Gasteiger partial charge on any atom is 0.222 e. The van der Waals surface area contributed by atoms with E-state index >= 15 is 0 Å². The number of hydrogen-bond donors (Lipinski definition) is 1. The Hall–Kier alpha value is -0.330. The van der Waals surface area contributed by atoms with E-state index in [9.17, 15) is 4.79 Å². The van der Waals surface area contributed by atoms with Gasteiger partial charge < -0.3 is 10.6 Å². The summed E-state index contributed by atoms with van der Waals surface area (Å²) in [4.78, 5) is 13.6. The lowest BCUT2D eigenvalue weighted by molar-refractivity contribution is -0.131. The van der Waals surface area contributed by atoms with Gasteiger partial charge in [-0.15, -0.1) is 12.4 Å². The number of amides is 1. The minimum Gasteiger partial charge on any atom is -0.342 e. The van der Waals surface area contributed by atoms with Crippen LogP contribution in [0.1, 0.15) is 31.7 Å². The van der Waals surface area contributed by atoms with Gasteiger partial charge in [0.15, 0.2) is 0 Å². The molecule has 3 nitrogen and oxygen atoms in total. The molecule has 0 radical (unpaired) electrons. The van der Waals surface area contributed by atoms with Crippen molar-refractivity contribution in [3.8, 4) is 0 Å². The van der Waals surface area contributed by atoms with Gasteiger partial charge >= 0.3 is 0 Å². The smallest absolute Gasteiger partial charge is 0.222 e. The van der Waals surface area contributed by atoms with Crippen LogP contribution in [0.3, 0.4) is 0 Å². The molecule has 1 unspecified atom stereocenters. The molecule has 5 heteroatoms. The van der Waals surface area contributed by atoms with Crippen molar-refractivity contribution in [2.45, 2.75) is 38.6 Å². The van der Waals surface area contributed by atoms with Crippen LogP contribution in [0, 0.1) is 3.57 Å². The van der Waals surface area contributed by atoms with Gasteiger partial charge in [0, 0.05) is 29.6 Å². The number of aryl methyl sites for hydroxylation is 1. The molecular weight excluding hydrogens is 387 g/mol. The summed E-state index contributed by atoms with van der Waals surface area (Å²) in [5, 5.41) is 0.